The zero-order chi connectivity index (χ0) is 22.2. The predicted molar refractivity (Wildman–Crippen MR) is 126 cm³/mol. The average Bonchev–Trinajstić information content (AvgIpc) is 2.77. The van der Waals surface area contributed by atoms with Gasteiger partial charge in [0.1, 0.15) is 11.5 Å². The molecule has 0 aliphatic heterocycles. The fourth-order valence-electron chi connectivity index (χ4n) is 3.44. The van der Waals surface area contributed by atoms with E-state index in [1.807, 2.05) is 37.3 Å². The molecule has 31 heavy (non-hydrogen) atoms. The molecule has 164 valence electrons. The Morgan fingerprint density at radius 1 is 1.06 bits per heavy atom. The molecule has 0 heterocycles. The SMILES string of the molecule is Cc1ccc(OCCCCNC(=O)c2cc(SCCO)c3ccccc3c2O)c(C)c1. The van der Waals surface area contributed by atoms with Gasteiger partial charge in [0.15, 0.2) is 0 Å². The van der Waals surface area contributed by atoms with Gasteiger partial charge >= 0.3 is 0 Å². The van der Waals surface area contributed by atoms with Crippen molar-refractivity contribution in [2.45, 2.75) is 31.6 Å². The maximum atomic E-state index is 12.7. The summed E-state index contributed by atoms with van der Waals surface area (Å²) in [5.41, 5.74) is 2.59. The van der Waals surface area contributed by atoms with Crippen molar-refractivity contribution in [1.82, 2.24) is 5.32 Å². The largest absolute Gasteiger partial charge is 0.506 e. The Kier molecular flexibility index (Phi) is 8.20. The van der Waals surface area contributed by atoms with Crippen molar-refractivity contribution >= 4 is 28.4 Å². The fraction of sp³-hybridized carbons (Fsp3) is 0.320. The molecule has 6 heteroatoms. The topological polar surface area (TPSA) is 78.8 Å². The summed E-state index contributed by atoms with van der Waals surface area (Å²) in [4.78, 5) is 13.6. The Hall–Kier alpha value is -2.70. The molecule has 0 saturated carbocycles. The van der Waals surface area contributed by atoms with Crippen LogP contribution in [-0.2, 0) is 0 Å². The monoisotopic (exact) mass is 439 g/mol. The normalized spacial score (nSPS) is 10.9. The van der Waals surface area contributed by atoms with Gasteiger partial charge < -0.3 is 20.3 Å². The van der Waals surface area contributed by atoms with Crippen molar-refractivity contribution in [3.05, 3.63) is 65.2 Å². The molecule has 3 aromatic rings. The summed E-state index contributed by atoms with van der Waals surface area (Å²) in [6, 6.07) is 15.3. The molecule has 1 amide bonds. The Morgan fingerprint density at radius 2 is 1.84 bits per heavy atom. The minimum Gasteiger partial charge on any atom is -0.506 e. The van der Waals surface area contributed by atoms with Gasteiger partial charge in [-0.25, -0.2) is 0 Å². The number of carbonyl (C=O) groups is 1. The first-order valence-electron chi connectivity index (χ1n) is 10.5. The van der Waals surface area contributed by atoms with Gasteiger partial charge in [-0.15, -0.1) is 11.8 Å². The highest BCUT2D eigenvalue weighted by Gasteiger charge is 2.17. The van der Waals surface area contributed by atoms with Gasteiger partial charge in [0, 0.05) is 22.6 Å². The summed E-state index contributed by atoms with van der Waals surface area (Å²) < 4.78 is 5.83. The van der Waals surface area contributed by atoms with Crippen LogP contribution in [0.3, 0.4) is 0 Å². The van der Waals surface area contributed by atoms with Gasteiger partial charge in [0.05, 0.1) is 18.8 Å². The van der Waals surface area contributed by atoms with E-state index >= 15 is 0 Å². The van der Waals surface area contributed by atoms with E-state index in [1.165, 1.54) is 17.3 Å². The number of benzene rings is 3. The first-order valence-corrected chi connectivity index (χ1v) is 11.5. The van der Waals surface area contributed by atoms with Crippen molar-refractivity contribution in [3.8, 4) is 11.5 Å². The number of ether oxygens (including phenoxy) is 1. The van der Waals surface area contributed by atoms with Crippen LogP contribution >= 0.6 is 11.8 Å². The molecule has 5 nitrogen and oxygen atoms in total. The summed E-state index contributed by atoms with van der Waals surface area (Å²) >= 11 is 1.47. The number of hydrogen-bond acceptors (Lipinski definition) is 5. The van der Waals surface area contributed by atoms with E-state index in [2.05, 4.69) is 18.3 Å². The molecule has 0 unspecified atom stereocenters. The van der Waals surface area contributed by atoms with E-state index in [0.717, 1.165) is 34.4 Å². The highest BCUT2D eigenvalue weighted by Crippen LogP contribution is 2.36. The maximum Gasteiger partial charge on any atom is 0.255 e. The summed E-state index contributed by atoms with van der Waals surface area (Å²) in [5, 5.41) is 24.2. The number of unbranched alkanes of at least 4 members (excludes halogenated alkanes) is 1. The first kappa shape index (κ1) is 23.0. The molecular formula is C25H29NO4S. The molecule has 0 aromatic heterocycles. The lowest BCUT2D eigenvalue weighted by atomic mass is 10.0. The number of aliphatic hydroxyl groups is 1. The van der Waals surface area contributed by atoms with Crippen molar-refractivity contribution < 1.29 is 19.7 Å². The van der Waals surface area contributed by atoms with Crippen molar-refractivity contribution in [2.75, 3.05) is 25.5 Å². The molecule has 3 N–H and O–H groups in total. The molecular weight excluding hydrogens is 410 g/mol. The second kappa shape index (κ2) is 11.1. The van der Waals surface area contributed by atoms with E-state index in [1.54, 1.807) is 12.1 Å². The summed E-state index contributed by atoms with van der Waals surface area (Å²) in [7, 11) is 0. The van der Waals surface area contributed by atoms with Crippen LogP contribution in [0.4, 0.5) is 0 Å². The number of phenolic OH excluding ortho intramolecular Hbond substituents is 1. The van der Waals surface area contributed by atoms with Crippen LogP contribution < -0.4 is 10.1 Å². The van der Waals surface area contributed by atoms with Crippen LogP contribution in [0.5, 0.6) is 11.5 Å². The number of thioether (sulfide) groups is 1. The third-order valence-electron chi connectivity index (χ3n) is 5.02. The highest BCUT2D eigenvalue weighted by atomic mass is 32.2. The van der Waals surface area contributed by atoms with Crippen molar-refractivity contribution in [1.29, 1.82) is 0 Å². The number of rotatable bonds is 10. The molecule has 0 radical (unpaired) electrons. The third-order valence-corrected chi connectivity index (χ3v) is 6.05. The van der Waals surface area contributed by atoms with Gasteiger partial charge in [0.25, 0.3) is 5.91 Å². The lowest BCUT2D eigenvalue weighted by molar-refractivity contribution is 0.0949. The molecule has 0 bridgehead atoms. The van der Waals surface area contributed by atoms with E-state index in [0.29, 0.717) is 24.3 Å². The number of carbonyl (C=O) groups excluding carboxylic acids is 1. The zero-order valence-electron chi connectivity index (χ0n) is 18.0. The van der Waals surface area contributed by atoms with Crippen LogP contribution in [-0.4, -0.2) is 41.6 Å². The maximum absolute atomic E-state index is 12.7. The molecule has 0 aliphatic carbocycles. The number of aryl methyl sites for hydroxylation is 2. The fourth-order valence-corrected chi connectivity index (χ4v) is 4.29. The Balaban J connectivity index is 1.56. The number of aliphatic hydroxyl groups excluding tert-OH is 1. The second-order valence-electron chi connectivity index (χ2n) is 7.47. The van der Waals surface area contributed by atoms with E-state index < -0.39 is 0 Å². The number of fused-ring (bicyclic) bond motifs is 1. The predicted octanol–water partition coefficient (Wildman–Crippen LogP) is 4.84. The Labute approximate surface area is 187 Å². The average molecular weight is 440 g/mol. The lowest BCUT2D eigenvalue weighted by Crippen LogP contribution is -2.25. The number of nitrogens with one attached hydrogen (secondary N) is 1. The molecule has 0 atom stereocenters. The number of aromatic hydroxyl groups is 1. The summed E-state index contributed by atoms with van der Waals surface area (Å²) in [6.07, 6.45) is 1.59. The molecule has 3 rings (SSSR count). The molecule has 0 aliphatic rings. The Bertz CT molecular complexity index is 1050. The molecule has 0 spiro atoms. The van der Waals surface area contributed by atoms with Gasteiger partial charge in [-0.3, -0.25) is 4.79 Å². The van der Waals surface area contributed by atoms with Gasteiger partial charge in [0.2, 0.25) is 0 Å². The number of hydrogen-bond donors (Lipinski definition) is 3. The van der Waals surface area contributed by atoms with E-state index in [4.69, 9.17) is 9.84 Å². The van der Waals surface area contributed by atoms with Crippen molar-refractivity contribution in [3.63, 3.8) is 0 Å². The smallest absolute Gasteiger partial charge is 0.255 e. The molecule has 3 aromatic carbocycles. The van der Waals surface area contributed by atoms with Crippen LogP contribution in [0, 0.1) is 13.8 Å². The summed E-state index contributed by atoms with van der Waals surface area (Å²) in [6.45, 7) is 5.22. The van der Waals surface area contributed by atoms with Crippen LogP contribution in [0.2, 0.25) is 0 Å². The highest BCUT2D eigenvalue weighted by molar-refractivity contribution is 7.99. The minimum atomic E-state index is -0.301. The van der Waals surface area contributed by atoms with Crippen LogP contribution in [0.15, 0.2) is 53.4 Å². The number of phenols is 1. The molecule has 0 saturated heterocycles. The van der Waals surface area contributed by atoms with Gasteiger partial charge in [-0.2, -0.15) is 0 Å². The van der Waals surface area contributed by atoms with Gasteiger partial charge in [-0.05, 0) is 49.8 Å². The standard InChI is InChI=1S/C25H29NO4S/c1-17-9-10-22(18(2)15-17)30-13-6-5-11-26-25(29)21-16-23(31-14-12-27)19-7-3-4-8-20(19)24(21)28/h3-4,7-10,15-16,27-28H,5-6,11-14H2,1-2H3,(H,26,29). The van der Waals surface area contributed by atoms with E-state index in [9.17, 15) is 9.90 Å². The lowest BCUT2D eigenvalue weighted by Gasteiger charge is -2.13. The van der Waals surface area contributed by atoms with E-state index in [-0.39, 0.29) is 23.8 Å². The van der Waals surface area contributed by atoms with Gasteiger partial charge in [-0.1, -0.05) is 42.0 Å². The molecule has 0 fully saturated rings. The summed E-state index contributed by atoms with van der Waals surface area (Å²) in [5.74, 6) is 1.10. The third kappa shape index (κ3) is 5.93. The number of amides is 1. The van der Waals surface area contributed by atoms with Crippen molar-refractivity contribution in [2.24, 2.45) is 0 Å². The quantitative estimate of drug-likeness (QED) is 0.311. The second-order valence-corrected chi connectivity index (χ2v) is 8.61. The first-order chi connectivity index (χ1) is 15.0. The minimum absolute atomic E-state index is 0.0142. The van der Waals surface area contributed by atoms with Crippen LogP contribution in [0.1, 0.15) is 34.3 Å². The van der Waals surface area contributed by atoms with Crippen LogP contribution in [0.25, 0.3) is 10.8 Å². The zero-order valence-corrected chi connectivity index (χ0v) is 18.8. The Morgan fingerprint density at radius 3 is 2.58 bits per heavy atom.